The molecule has 3 fully saturated rings. The summed E-state index contributed by atoms with van der Waals surface area (Å²) in [6.07, 6.45) is 7.20. The summed E-state index contributed by atoms with van der Waals surface area (Å²) in [5.41, 5.74) is 1.62. The van der Waals surface area contributed by atoms with E-state index in [0.717, 1.165) is 36.0 Å². The average molecular weight is 348 g/mol. The first-order chi connectivity index (χ1) is 11.7. The lowest BCUT2D eigenvalue weighted by molar-refractivity contribution is -0.154. The number of hydrogen-bond donors (Lipinski definition) is 4. The molecule has 4 N–H and O–H groups in total. The van der Waals surface area contributed by atoms with Crippen molar-refractivity contribution in [3.8, 4) is 0 Å². The van der Waals surface area contributed by atoms with Gasteiger partial charge in [0.15, 0.2) is 0 Å². The Balaban J connectivity index is 1.91. The van der Waals surface area contributed by atoms with Crippen LogP contribution in [-0.2, 0) is 0 Å². The van der Waals surface area contributed by atoms with Gasteiger partial charge in [-0.25, -0.2) is 0 Å². The van der Waals surface area contributed by atoms with Gasteiger partial charge in [0.25, 0.3) is 0 Å². The molecule has 6 atom stereocenters. The van der Waals surface area contributed by atoms with Gasteiger partial charge in [0.1, 0.15) is 0 Å². The number of aliphatic hydroxyl groups excluding tert-OH is 3. The fourth-order valence-corrected chi connectivity index (χ4v) is 5.43. The van der Waals surface area contributed by atoms with E-state index in [1.54, 1.807) is 6.92 Å². The molecule has 0 amide bonds. The van der Waals surface area contributed by atoms with Crippen molar-refractivity contribution in [2.24, 2.45) is 11.3 Å². The van der Waals surface area contributed by atoms with Gasteiger partial charge in [-0.2, -0.15) is 0 Å². The van der Waals surface area contributed by atoms with E-state index < -0.39 is 23.2 Å². The minimum absolute atomic E-state index is 0.161. The van der Waals surface area contributed by atoms with Gasteiger partial charge >= 0.3 is 0 Å². The van der Waals surface area contributed by atoms with Crippen LogP contribution in [0.3, 0.4) is 0 Å². The molecule has 0 aromatic rings. The third-order valence-electron chi connectivity index (χ3n) is 7.03. The molecule has 4 heteroatoms. The molecule has 25 heavy (non-hydrogen) atoms. The summed E-state index contributed by atoms with van der Waals surface area (Å²) in [5, 5.41) is 41.6. The number of allylic oxidation sites excluding steroid dienone is 3. The zero-order valence-electron chi connectivity index (χ0n) is 15.4. The summed E-state index contributed by atoms with van der Waals surface area (Å²) in [5.74, 6) is 0.161. The zero-order valence-corrected chi connectivity index (χ0v) is 15.4. The van der Waals surface area contributed by atoms with Crippen LogP contribution < -0.4 is 0 Å². The topological polar surface area (TPSA) is 80.9 Å². The molecule has 0 saturated heterocycles. The molecule has 0 aromatic heterocycles. The molecular formula is C21H32O4. The lowest BCUT2D eigenvalue weighted by Gasteiger charge is -2.49. The molecular weight excluding hydrogens is 316 g/mol. The zero-order chi connectivity index (χ0) is 18.4. The highest BCUT2D eigenvalue weighted by Gasteiger charge is 2.61. The van der Waals surface area contributed by atoms with Crippen LogP contribution in [-0.4, -0.2) is 44.3 Å². The van der Waals surface area contributed by atoms with Crippen LogP contribution in [0.25, 0.3) is 0 Å². The van der Waals surface area contributed by atoms with E-state index in [4.69, 9.17) is 0 Å². The Bertz CT molecular complexity index is 605. The normalized spacial score (nSPS) is 46.5. The molecule has 4 nitrogen and oxygen atoms in total. The summed E-state index contributed by atoms with van der Waals surface area (Å²) in [6, 6.07) is 0. The average Bonchev–Trinajstić information content (AvgIpc) is 2.80. The molecule has 140 valence electrons. The van der Waals surface area contributed by atoms with Gasteiger partial charge in [0, 0.05) is 5.41 Å². The first-order valence-electron chi connectivity index (χ1n) is 9.51. The standard InChI is InChI=1S/C21H32O4/c1-13-4-7-17(23)10-15(13)5-6-16-11-18(24)12-20(3)19(16)8-9-21(20,25)14(2)22/h5-6,14,17-19,22-25H,1,4,7-12H2,2-3H3/b15-5-,16-6+/t14-,17-,18-,19+,20+,21+/m1/s1. The predicted molar refractivity (Wildman–Crippen MR) is 97.9 cm³/mol. The third kappa shape index (κ3) is 3.14. The second kappa shape index (κ2) is 6.66. The van der Waals surface area contributed by atoms with E-state index >= 15 is 0 Å². The van der Waals surface area contributed by atoms with E-state index in [-0.39, 0.29) is 12.0 Å². The highest BCUT2D eigenvalue weighted by molar-refractivity contribution is 5.37. The fourth-order valence-electron chi connectivity index (χ4n) is 5.43. The highest BCUT2D eigenvalue weighted by Crippen LogP contribution is 2.60. The molecule has 0 bridgehead atoms. The first-order valence-corrected chi connectivity index (χ1v) is 9.51. The molecule has 0 aromatic carbocycles. The fraction of sp³-hybridized carbons (Fsp3) is 0.714. The van der Waals surface area contributed by atoms with Crippen molar-refractivity contribution in [2.75, 3.05) is 0 Å². The van der Waals surface area contributed by atoms with Gasteiger partial charge in [-0.3, -0.25) is 0 Å². The summed E-state index contributed by atoms with van der Waals surface area (Å²) in [6.45, 7) is 7.75. The van der Waals surface area contributed by atoms with Gasteiger partial charge in [-0.05, 0) is 63.4 Å². The van der Waals surface area contributed by atoms with Crippen LogP contribution >= 0.6 is 0 Å². The Morgan fingerprint density at radius 1 is 1.16 bits per heavy atom. The van der Waals surface area contributed by atoms with E-state index in [1.807, 2.05) is 13.0 Å². The van der Waals surface area contributed by atoms with Gasteiger partial charge < -0.3 is 20.4 Å². The second-order valence-electron chi connectivity index (χ2n) is 8.60. The van der Waals surface area contributed by atoms with Crippen LogP contribution in [0.15, 0.2) is 35.5 Å². The Labute approximate surface area is 150 Å². The molecule has 0 unspecified atom stereocenters. The minimum Gasteiger partial charge on any atom is -0.393 e. The summed E-state index contributed by atoms with van der Waals surface area (Å²) >= 11 is 0. The molecule has 3 saturated carbocycles. The van der Waals surface area contributed by atoms with Crippen molar-refractivity contribution < 1.29 is 20.4 Å². The lowest BCUT2D eigenvalue weighted by Crippen LogP contribution is -2.55. The highest BCUT2D eigenvalue weighted by atomic mass is 16.3. The summed E-state index contributed by atoms with van der Waals surface area (Å²) in [4.78, 5) is 0. The first kappa shape index (κ1) is 18.8. The van der Waals surface area contributed by atoms with Crippen molar-refractivity contribution in [1.82, 2.24) is 0 Å². The maximum atomic E-state index is 11.1. The number of hydrogen-bond acceptors (Lipinski definition) is 4. The molecule has 3 aliphatic rings. The van der Waals surface area contributed by atoms with Crippen LogP contribution in [0, 0.1) is 11.3 Å². The van der Waals surface area contributed by atoms with Gasteiger partial charge in [-0.15, -0.1) is 0 Å². The van der Waals surface area contributed by atoms with Gasteiger partial charge in [0.05, 0.1) is 23.9 Å². The molecule has 0 spiro atoms. The van der Waals surface area contributed by atoms with Crippen molar-refractivity contribution in [2.45, 2.75) is 82.7 Å². The minimum atomic E-state index is -1.16. The van der Waals surface area contributed by atoms with E-state index in [1.165, 1.54) is 0 Å². The molecule has 3 aliphatic carbocycles. The summed E-state index contributed by atoms with van der Waals surface area (Å²) < 4.78 is 0. The second-order valence-corrected chi connectivity index (χ2v) is 8.60. The maximum Gasteiger partial charge on any atom is 0.0962 e. The quantitative estimate of drug-likeness (QED) is 0.618. The molecule has 0 radical (unpaired) electrons. The van der Waals surface area contributed by atoms with Gasteiger partial charge in [0.2, 0.25) is 0 Å². The van der Waals surface area contributed by atoms with Crippen LogP contribution in [0.5, 0.6) is 0 Å². The van der Waals surface area contributed by atoms with Crippen LogP contribution in [0.2, 0.25) is 0 Å². The van der Waals surface area contributed by atoms with Crippen molar-refractivity contribution in [3.63, 3.8) is 0 Å². The third-order valence-corrected chi connectivity index (χ3v) is 7.03. The Morgan fingerprint density at radius 3 is 2.56 bits per heavy atom. The largest absolute Gasteiger partial charge is 0.393 e. The maximum absolute atomic E-state index is 11.1. The van der Waals surface area contributed by atoms with Crippen molar-refractivity contribution in [1.29, 1.82) is 0 Å². The molecule has 3 rings (SSSR count). The monoisotopic (exact) mass is 348 g/mol. The van der Waals surface area contributed by atoms with Gasteiger partial charge in [-0.1, -0.05) is 36.8 Å². The number of rotatable bonds is 2. The van der Waals surface area contributed by atoms with Crippen LogP contribution in [0.1, 0.15) is 58.8 Å². The van der Waals surface area contributed by atoms with Crippen LogP contribution in [0.4, 0.5) is 0 Å². The Hall–Kier alpha value is -0.940. The Kier molecular flexibility index (Phi) is 5.02. The van der Waals surface area contributed by atoms with E-state index in [9.17, 15) is 20.4 Å². The summed E-state index contributed by atoms with van der Waals surface area (Å²) in [7, 11) is 0. The molecule has 0 heterocycles. The lowest BCUT2D eigenvalue weighted by atomic mass is 9.59. The van der Waals surface area contributed by atoms with E-state index in [0.29, 0.717) is 25.7 Å². The smallest absolute Gasteiger partial charge is 0.0962 e. The predicted octanol–water partition coefficient (Wildman–Crippen LogP) is 2.62. The van der Waals surface area contributed by atoms with Crippen molar-refractivity contribution >= 4 is 0 Å². The van der Waals surface area contributed by atoms with Crippen molar-refractivity contribution in [3.05, 3.63) is 35.5 Å². The SMILES string of the molecule is C=C1CC[C@@H](O)C/C1=C/C=C1\C[C@@H](O)C[C@@]2(C)[C@H]1CC[C@]2(O)[C@@H](C)O. The Morgan fingerprint density at radius 2 is 1.88 bits per heavy atom. The number of aliphatic hydroxyl groups is 4. The number of fused-ring (bicyclic) bond motifs is 1. The van der Waals surface area contributed by atoms with E-state index in [2.05, 4.69) is 12.7 Å². The molecule has 0 aliphatic heterocycles.